The highest BCUT2D eigenvalue weighted by molar-refractivity contribution is 7.19. The molecule has 5 N–H and O–H groups in total. The summed E-state index contributed by atoms with van der Waals surface area (Å²) in [6.45, 7) is 1.77. The normalized spacial score (nSPS) is 10.7. The SMILES string of the molecule is COc1c(NCCCN(C)C)sc(C(N)=O)c1N. The second kappa shape index (κ2) is 6.46. The zero-order valence-electron chi connectivity index (χ0n) is 10.9. The Morgan fingerprint density at radius 2 is 2.17 bits per heavy atom. The van der Waals surface area contributed by atoms with Gasteiger partial charge in [0.1, 0.15) is 15.6 Å². The van der Waals surface area contributed by atoms with Crippen molar-refractivity contribution in [3.8, 4) is 5.75 Å². The van der Waals surface area contributed by atoms with Crippen molar-refractivity contribution in [2.75, 3.05) is 45.3 Å². The van der Waals surface area contributed by atoms with E-state index >= 15 is 0 Å². The van der Waals surface area contributed by atoms with Crippen molar-refractivity contribution >= 4 is 27.9 Å². The first-order chi connectivity index (χ1) is 8.47. The van der Waals surface area contributed by atoms with Crippen LogP contribution in [0, 0.1) is 0 Å². The van der Waals surface area contributed by atoms with Crippen LogP contribution in [0.3, 0.4) is 0 Å². The molecule has 0 saturated heterocycles. The van der Waals surface area contributed by atoms with E-state index in [4.69, 9.17) is 16.2 Å². The summed E-state index contributed by atoms with van der Waals surface area (Å²) in [6, 6.07) is 0. The van der Waals surface area contributed by atoms with Crippen LogP contribution in [0.5, 0.6) is 5.75 Å². The molecule has 0 aliphatic heterocycles. The van der Waals surface area contributed by atoms with E-state index in [2.05, 4.69) is 10.2 Å². The molecule has 0 spiro atoms. The molecule has 7 heteroatoms. The Kier molecular flexibility index (Phi) is 5.24. The van der Waals surface area contributed by atoms with E-state index in [1.54, 1.807) is 0 Å². The number of carbonyl (C=O) groups excluding carboxylic acids is 1. The zero-order valence-corrected chi connectivity index (χ0v) is 11.8. The largest absolute Gasteiger partial charge is 0.492 e. The maximum absolute atomic E-state index is 11.2. The fraction of sp³-hybridized carbons (Fsp3) is 0.545. The molecule has 0 bridgehead atoms. The predicted molar refractivity (Wildman–Crippen MR) is 75.5 cm³/mol. The number of hydrogen-bond donors (Lipinski definition) is 3. The van der Waals surface area contributed by atoms with Gasteiger partial charge in [-0.05, 0) is 27.1 Å². The summed E-state index contributed by atoms with van der Waals surface area (Å²) in [7, 11) is 5.57. The van der Waals surface area contributed by atoms with Crippen LogP contribution in [-0.2, 0) is 0 Å². The predicted octanol–water partition coefficient (Wildman–Crippen LogP) is 0.801. The van der Waals surface area contributed by atoms with Gasteiger partial charge in [-0.2, -0.15) is 0 Å². The van der Waals surface area contributed by atoms with Gasteiger partial charge in [0.25, 0.3) is 5.91 Å². The molecule has 0 fully saturated rings. The number of nitrogen functional groups attached to an aromatic ring is 1. The average molecular weight is 272 g/mol. The van der Waals surface area contributed by atoms with Crippen LogP contribution in [0.1, 0.15) is 16.1 Å². The lowest BCUT2D eigenvalue weighted by atomic mass is 10.3. The monoisotopic (exact) mass is 272 g/mol. The van der Waals surface area contributed by atoms with Crippen molar-refractivity contribution in [3.63, 3.8) is 0 Å². The topological polar surface area (TPSA) is 93.6 Å². The Hall–Kier alpha value is -1.47. The first kappa shape index (κ1) is 14.6. The van der Waals surface area contributed by atoms with Gasteiger partial charge in [0, 0.05) is 6.54 Å². The zero-order chi connectivity index (χ0) is 13.7. The standard InChI is InChI=1S/C11H20N4O2S/c1-15(2)6-4-5-14-11-8(17-3)7(12)9(18-11)10(13)16/h14H,4-6,12H2,1-3H3,(H2,13,16). The minimum absolute atomic E-state index is 0.310. The van der Waals surface area contributed by atoms with Gasteiger partial charge in [-0.25, -0.2) is 0 Å². The van der Waals surface area contributed by atoms with Crippen LogP contribution in [0.4, 0.5) is 10.7 Å². The van der Waals surface area contributed by atoms with Crippen molar-refractivity contribution in [2.45, 2.75) is 6.42 Å². The highest BCUT2D eigenvalue weighted by atomic mass is 32.1. The minimum Gasteiger partial charge on any atom is -0.492 e. The summed E-state index contributed by atoms with van der Waals surface area (Å²) in [5.41, 5.74) is 11.4. The molecular weight excluding hydrogens is 252 g/mol. The van der Waals surface area contributed by atoms with E-state index in [1.807, 2.05) is 14.1 Å². The number of nitrogens with two attached hydrogens (primary N) is 2. The van der Waals surface area contributed by atoms with Crippen LogP contribution in [0.25, 0.3) is 0 Å². The number of methoxy groups -OCH3 is 1. The van der Waals surface area contributed by atoms with Crippen LogP contribution in [-0.4, -0.2) is 45.1 Å². The van der Waals surface area contributed by atoms with Gasteiger partial charge in [-0.15, -0.1) is 11.3 Å². The second-order valence-corrected chi connectivity index (χ2v) is 5.18. The van der Waals surface area contributed by atoms with Gasteiger partial charge in [0.15, 0.2) is 5.75 Å². The van der Waals surface area contributed by atoms with Crippen LogP contribution >= 0.6 is 11.3 Å². The number of hydrogen-bond acceptors (Lipinski definition) is 6. The lowest BCUT2D eigenvalue weighted by Gasteiger charge is -2.10. The van der Waals surface area contributed by atoms with Crippen molar-refractivity contribution in [1.82, 2.24) is 4.90 Å². The Morgan fingerprint density at radius 3 is 2.67 bits per heavy atom. The highest BCUT2D eigenvalue weighted by Gasteiger charge is 2.19. The van der Waals surface area contributed by atoms with E-state index in [0.717, 1.165) is 24.5 Å². The summed E-state index contributed by atoms with van der Waals surface area (Å²) in [5.74, 6) is -0.0317. The lowest BCUT2D eigenvalue weighted by molar-refractivity contribution is 0.100. The quantitative estimate of drug-likeness (QED) is 0.638. The van der Waals surface area contributed by atoms with E-state index in [9.17, 15) is 4.79 Å². The number of primary amides is 1. The third kappa shape index (κ3) is 3.51. The summed E-state index contributed by atoms with van der Waals surface area (Å²) in [6.07, 6.45) is 0.986. The number of rotatable bonds is 7. The number of nitrogens with one attached hydrogen (secondary N) is 1. The van der Waals surface area contributed by atoms with E-state index in [0.29, 0.717) is 16.3 Å². The van der Waals surface area contributed by atoms with Crippen molar-refractivity contribution in [3.05, 3.63) is 4.88 Å². The smallest absolute Gasteiger partial charge is 0.261 e. The third-order valence-corrected chi connectivity index (χ3v) is 3.55. The average Bonchev–Trinajstić information content (AvgIpc) is 2.61. The molecule has 0 aromatic carbocycles. The fourth-order valence-corrected chi connectivity index (χ4v) is 2.50. The number of ether oxygens (including phenoxy) is 1. The second-order valence-electron chi connectivity index (χ2n) is 4.16. The summed E-state index contributed by atoms with van der Waals surface area (Å²) < 4.78 is 5.19. The highest BCUT2D eigenvalue weighted by Crippen LogP contribution is 2.42. The molecule has 1 rings (SSSR count). The molecule has 0 aliphatic carbocycles. The fourth-order valence-electron chi connectivity index (χ4n) is 1.53. The van der Waals surface area contributed by atoms with Crippen molar-refractivity contribution in [1.29, 1.82) is 0 Å². The van der Waals surface area contributed by atoms with Gasteiger partial charge >= 0.3 is 0 Å². The van der Waals surface area contributed by atoms with Gasteiger partial charge in [0.05, 0.1) is 7.11 Å². The maximum atomic E-state index is 11.2. The van der Waals surface area contributed by atoms with E-state index < -0.39 is 5.91 Å². The maximum Gasteiger partial charge on any atom is 0.261 e. The molecule has 1 aromatic rings. The summed E-state index contributed by atoms with van der Waals surface area (Å²) in [4.78, 5) is 13.6. The molecular formula is C11H20N4O2S. The summed E-state index contributed by atoms with van der Waals surface area (Å²) >= 11 is 1.23. The molecule has 102 valence electrons. The molecule has 6 nitrogen and oxygen atoms in total. The van der Waals surface area contributed by atoms with Gasteiger partial charge in [0.2, 0.25) is 0 Å². The third-order valence-electron chi connectivity index (χ3n) is 2.40. The number of thiophene rings is 1. The lowest BCUT2D eigenvalue weighted by Crippen LogP contribution is -2.16. The molecule has 0 saturated carbocycles. The van der Waals surface area contributed by atoms with Crippen molar-refractivity contribution < 1.29 is 9.53 Å². The van der Waals surface area contributed by atoms with Gasteiger partial charge in [-0.3, -0.25) is 4.79 Å². The number of amides is 1. The van der Waals surface area contributed by atoms with E-state index in [-0.39, 0.29) is 0 Å². The number of anilines is 2. The minimum atomic E-state index is -0.530. The van der Waals surface area contributed by atoms with Gasteiger partial charge in [-0.1, -0.05) is 0 Å². The Balaban J connectivity index is 2.70. The molecule has 0 aliphatic rings. The number of carbonyl (C=O) groups is 1. The Labute approximate surface area is 111 Å². The van der Waals surface area contributed by atoms with Crippen LogP contribution in [0.15, 0.2) is 0 Å². The molecule has 0 atom stereocenters. The molecule has 0 radical (unpaired) electrons. The first-order valence-corrected chi connectivity index (χ1v) is 6.43. The van der Waals surface area contributed by atoms with Crippen LogP contribution < -0.4 is 21.5 Å². The molecule has 1 amide bonds. The Bertz CT molecular complexity index is 417. The molecule has 1 aromatic heterocycles. The molecule has 1 heterocycles. The molecule has 0 unspecified atom stereocenters. The summed E-state index contributed by atoms with van der Waals surface area (Å²) in [5, 5.41) is 3.97. The van der Waals surface area contributed by atoms with E-state index in [1.165, 1.54) is 18.4 Å². The van der Waals surface area contributed by atoms with Crippen LogP contribution in [0.2, 0.25) is 0 Å². The molecule has 18 heavy (non-hydrogen) atoms. The number of nitrogens with zero attached hydrogens (tertiary/aromatic N) is 1. The Morgan fingerprint density at radius 1 is 1.50 bits per heavy atom. The first-order valence-electron chi connectivity index (χ1n) is 5.62. The van der Waals surface area contributed by atoms with Gasteiger partial charge < -0.3 is 26.4 Å². The van der Waals surface area contributed by atoms with Crippen molar-refractivity contribution in [2.24, 2.45) is 5.73 Å².